The summed E-state index contributed by atoms with van der Waals surface area (Å²) >= 11 is 0. The standard InChI is InChI=1S/C10H13FO/c1-8-3-2-4-9(5-8)6-10(11)7-12/h2-5,10,12H,6-7H2,1H3/t10-/m0/s1. The molecule has 1 nitrogen and oxygen atoms in total. The maximum absolute atomic E-state index is 12.7. The first-order valence-corrected chi connectivity index (χ1v) is 4.03. The van der Waals surface area contributed by atoms with Crippen molar-refractivity contribution in [2.75, 3.05) is 6.61 Å². The smallest absolute Gasteiger partial charge is 0.127 e. The minimum Gasteiger partial charge on any atom is -0.393 e. The van der Waals surface area contributed by atoms with Crippen molar-refractivity contribution in [2.45, 2.75) is 19.5 Å². The molecular weight excluding hydrogens is 155 g/mol. The molecule has 1 aromatic carbocycles. The van der Waals surface area contributed by atoms with Crippen LogP contribution in [0.25, 0.3) is 0 Å². The van der Waals surface area contributed by atoms with Gasteiger partial charge in [0.25, 0.3) is 0 Å². The fourth-order valence-corrected chi connectivity index (χ4v) is 1.16. The second-order valence-corrected chi connectivity index (χ2v) is 2.97. The summed E-state index contributed by atoms with van der Waals surface area (Å²) in [5, 5.41) is 8.49. The minimum absolute atomic E-state index is 0.304. The largest absolute Gasteiger partial charge is 0.393 e. The van der Waals surface area contributed by atoms with E-state index in [1.807, 2.05) is 31.2 Å². The molecular formula is C10H13FO. The average molecular weight is 168 g/mol. The first-order valence-electron chi connectivity index (χ1n) is 4.03. The second kappa shape index (κ2) is 4.21. The number of rotatable bonds is 3. The summed E-state index contributed by atoms with van der Waals surface area (Å²) in [7, 11) is 0. The lowest BCUT2D eigenvalue weighted by Crippen LogP contribution is -2.09. The van der Waals surface area contributed by atoms with E-state index in [0.717, 1.165) is 11.1 Å². The van der Waals surface area contributed by atoms with Crippen molar-refractivity contribution in [3.8, 4) is 0 Å². The van der Waals surface area contributed by atoms with E-state index in [9.17, 15) is 4.39 Å². The van der Waals surface area contributed by atoms with Crippen LogP contribution in [0.5, 0.6) is 0 Å². The topological polar surface area (TPSA) is 20.2 Å². The van der Waals surface area contributed by atoms with Gasteiger partial charge in [-0.15, -0.1) is 0 Å². The molecule has 0 bridgehead atoms. The fourth-order valence-electron chi connectivity index (χ4n) is 1.16. The highest BCUT2D eigenvalue weighted by atomic mass is 19.1. The zero-order valence-electron chi connectivity index (χ0n) is 7.13. The van der Waals surface area contributed by atoms with Crippen molar-refractivity contribution in [3.05, 3.63) is 35.4 Å². The first-order chi connectivity index (χ1) is 5.72. The number of benzene rings is 1. The fraction of sp³-hybridized carbons (Fsp3) is 0.400. The summed E-state index contributed by atoms with van der Waals surface area (Å²) in [5.74, 6) is 0. The summed E-state index contributed by atoms with van der Waals surface area (Å²) in [6, 6.07) is 7.67. The Balaban J connectivity index is 2.63. The summed E-state index contributed by atoms with van der Waals surface area (Å²) in [6.07, 6.45) is -0.829. The van der Waals surface area contributed by atoms with Gasteiger partial charge in [0.05, 0.1) is 6.61 Å². The van der Waals surface area contributed by atoms with E-state index in [4.69, 9.17) is 5.11 Å². The third-order valence-electron chi connectivity index (χ3n) is 1.74. The lowest BCUT2D eigenvalue weighted by atomic mass is 10.1. The molecule has 0 heterocycles. The highest BCUT2D eigenvalue weighted by Gasteiger charge is 2.04. The van der Waals surface area contributed by atoms with Crippen LogP contribution in [0.3, 0.4) is 0 Å². The minimum atomic E-state index is -1.13. The van der Waals surface area contributed by atoms with E-state index in [1.54, 1.807) is 0 Å². The zero-order valence-corrected chi connectivity index (χ0v) is 7.13. The average Bonchev–Trinajstić information content (AvgIpc) is 2.04. The van der Waals surface area contributed by atoms with Gasteiger partial charge in [-0.2, -0.15) is 0 Å². The molecule has 1 atom stereocenters. The number of aryl methyl sites for hydroxylation is 1. The van der Waals surface area contributed by atoms with Crippen LogP contribution in [0.1, 0.15) is 11.1 Å². The Morgan fingerprint density at radius 3 is 2.83 bits per heavy atom. The van der Waals surface area contributed by atoms with E-state index in [2.05, 4.69) is 0 Å². The van der Waals surface area contributed by atoms with Crippen LogP contribution < -0.4 is 0 Å². The van der Waals surface area contributed by atoms with Crippen molar-refractivity contribution in [2.24, 2.45) is 0 Å². The van der Waals surface area contributed by atoms with E-state index < -0.39 is 12.8 Å². The van der Waals surface area contributed by atoms with E-state index in [1.165, 1.54) is 0 Å². The summed E-state index contributed by atoms with van der Waals surface area (Å²) < 4.78 is 12.7. The summed E-state index contributed by atoms with van der Waals surface area (Å²) in [5.41, 5.74) is 2.06. The molecule has 0 saturated heterocycles. The number of alkyl halides is 1. The SMILES string of the molecule is Cc1cccc(C[C@H](F)CO)c1. The van der Waals surface area contributed by atoms with Crippen molar-refractivity contribution in [1.82, 2.24) is 0 Å². The van der Waals surface area contributed by atoms with Gasteiger partial charge in [0.1, 0.15) is 6.17 Å². The second-order valence-electron chi connectivity index (χ2n) is 2.97. The first kappa shape index (κ1) is 9.20. The van der Waals surface area contributed by atoms with E-state index in [0.29, 0.717) is 6.42 Å². The van der Waals surface area contributed by atoms with Gasteiger partial charge in [-0.05, 0) is 12.5 Å². The number of hydrogen-bond donors (Lipinski definition) is 1. The van der Waals surface area contributed by atoms with Crippen LogP contribution in [0, 0.1) is 6.92 Å². The number of aliphatic hydroxyl groups excluding tert-OH is 1. The van der Waals surface area contributed by atoms with Crippen LogP contribution in [0.4, 0.5) is 4.39 Å². The van der Waals surface area contributed by atoms with Gasteiger partial charge in [0.15, 0.2) is 0 Å². The van der Waals surface area contributed by atoms with Gasteiger partial charge < -0.3 is 5.11 Å². The van der Waals surface area contributed by atoms with Gasteiger partial charge in [0, 0.05) is 6.42 Å². The van der Waals surface area contributed by atoms with Crippen molar-refractivity contribution >= 4 is 0 Å². The molecule has 0 saturated carbocycles. The zero-order chi connectivity index (χ0) is 8.97. The van der Waals surface area contributed by atoms with Gasteiger partial charge in [0.2, 0.25) is 0 Å². The van der Waals surface area contributed by atoms with Gasteiger partial charge in [-0.25, -0.2) is 4.39 Å². The Hall–Kier alpha value is -0.890. The molecule has 0 aliphatic carbocycles. The Kier molecular flexibility index (Phi) is 3.23. The van der Waals surface area contributed by atoms with Crippen LogP contribution >= 0.6 is 0 Å². The molecule has 1 rings (SSSR count). The Morgan fingerprint density at radius 1 is 1.50 bits per heavy atom. The highest BCUT2D eigenvalue weighted by molar-refractivity contribution is 5.22. The lowest BCUT2D eigenvalue weighted by molar-refractivity contribution is 0.177. The van der Waals surface area contributed by atoms with Crippen molar-refractivity contribution in [1.29, 1.82) is 0 Å². The maximum Gasteiger partial charge on any atom is 0.127 e. The van der Waals surface area contributed by atoms with Crippen LogP contribution in [-0.4, -0.2) is 17.9 Å². The molecule has 2 heteroatoms. The predicted octanol–water partition coefficient (Wildman–Crippen LogP) is 1.87. The molecule has 1 N–H and O–H groups in total. The normalized spacial score (nSPS) is 12.9. The van der Waals surface area contributed by atoms with Crippen molar-refractivity contribution < 1.29 is 9.50 Å². The van der Waals surface area contributed by atoms with Crippen LogP contribution in [-0.2, 0) is 6.42 Å². The molecule has 0 unspecified atom stereocenters. The Labute approximate surface area is 71.9 Å². The monoisotopic (exact) mass is 168 g/mol. The molecule has 0 aromatic heterocycles. The molecule has 1 aromatic rings. The van der Waals surface area contributed by atoms with E-state index >= 15 is 0 Å². The third kappa shape index (κ3) is 2.62. The van der Waals surface area contributed by atoms with Crippen LogP contribution in [0.15, 0.2) is 24.3 Å². The quantitative estimate of drug-likeness (QED) is 0.730. The number of aliphatic hydroxyl groups is 1. The van der Waals surface area contributed by atoms with Gasteiger partial charge in [-0.1, -0.05) is 29.8 Å². The maximum atomic E-state index is 12.7. The molecule has 0 fully saturated rings. The highest BCUT2D eigenvalue weighted by Crippen LogP contribution is 2.08. The summed E-state index contributed by atoms with van der Waals surface area (Å²) in [4.78, 5) is 0. The molecule has 0 radical (unpaired) electrons. The molecule has 0 aliphatic heterocycles. The van der Waals surface area contributed by atoms with Gasteiger partial charge in [-0.3, -0.25) is 0 Å². The molecule has 66 valence electrons. The number of halogens is 1. The van der Waals surface area contributed by atoms with E-state index in [-0.39, 0.29) is 0 Å². The third-order valence-corrected chi connectivity index (χ3v) is 1.74. The van der Waals surface area contributed by atoms with Crippen LogP contribution in [0.2, 0.25) is 0 Å². The molecule has 0 spiro atoms. The van der Waals surface area contributed by atoms with Crippen molar-refractivity contribution in [3.63, 3.8) is 0 Å². The predicted molar refractivity (Wildman–Crippen MR) is 46.9 cm³/mol. The number of hydrogen-bond acceptors (Lipinski definition) is 1. The molecule has 0 amide bonds. The van der Waals surface area contributed by atoms with Gasteiger partial charge >= 0.3 is 0 Å². The Bertz CT molecular complexity index is 247. The lowest BCUT2D eigenvalue weighted by Gasteiger charge is -2.04. The Morgan fingerprint density at radius 2 is 2.25 bits per heavy atom. The summed E-state index contributed by atoms with van der Waals surface area (Å²) in [6.45, 7) is 1.57. The molecule has 12 heavy (non-hydrogen) atoms. The molecule has 0 aliphatic rings.